The number of methoxy groups -OCH3 is 1. The van der Waals surface area contributed by atoms with Gasteiger partial charge in [0.1, 0.15) is 11.9 Å². The second kappa shape index (κ2) is 13.0. The minimum absolute atomic E-state index is 0.0907. The molecule has 1 aromatic heterocycles. The fraction of sp³-hybridized carbons (Fsp3) is 0.286. The third-order valence-electron chi connectivity index (χ3n) is 5.43. The fourth-order valence-electron chi connectivity index (χ4n) is 3.58. The van der Waals surface area contributed by atoms with E-state index in [1.54, 1.807) is 26.0 Å². The number of Topliss-reactive ketones (excluding diaryl/α,β-unsaturated/α-hetero) is 1. The van der Waals surface area contributed by atoms with Crippen molar-refractivity contribution in [3.05, 3.63) is 83.9 Å². The van der Waals surface area contributed by atoms with Crippen LogP contribution >= 0.6 is 11.8 Å². The Kier molecular flexibility index (Phi) is 9.79. The van der Waals surface area contributed by atoms with Gasteiger partial charge in [0, 0.05) is 30.5 Å². The van der Waals surface area contributed by atoms with Gasteiger partial charge in [-0.3, -0.25) is 14.4 Å². The standard InChI is InChI=1S/C28H28FNO6S/c1-17(16-23(32)25-26(36-19(3)31)24(34-4)14-15-30-25)28(33)35-18(2)27(20-10-12-21(29)13-11-20)37-22-8-6-5-7-9-22/h5-15,17-18,27H,16H2,1-4H3/t17-,18+,27+/m1/s1. The molecule has 0 aliphatic carbocycles. The molecule has 0 aliphatic rings. The predicted octanol–water partition coefficient (Wildman–Crippen LogP) is 5.83. The van der Waals surface area contributed by atoms with E-state index in [1.165, 1.54) is 50.2 Å². The van der Waals surface area contributed by atoms with E-state index in [0.29, 0.717) is 0 Å². The lowest BCUT2D eigenvalue weighted by Gasteiger charge is -2.25. The predicted molar refractivity (Wildman–Crippen MR) is 137 cm³/mol. The Morgan fingerprint density at radius 2 is 1.68 bits per heavy atom. The van der Waals surface area contributed by atoms with E-state index in [4.69, 9.17) is 14.2 Å². The number of thioether (sulfide) groups is 1. The third-order valence-corrected chi connectivity index (χ3v) is 6.88. The zero-order valence-corrected chi connectivity index (χ0v) is 21.8. The first-order chi connectivity index (χ1) is 17.7. The van der Waals surface area contributed by atoms with E-state index in [1.807, 2.05) is 30.3 Å². The third kappa shape index (κ3) is 7.63. The molecule has 9 heteroatoms. The normalized spacial score (nSPS) is 13.2. The number of halogens is 1. The number of esters is 2. The maximum absolute atomic E-state index is 13.5. The van der Waals surface area contributed by atoms with Crippen LogP contribution in [-0.4, -0.2) is 35.9 Å². The van der Waals surface area contributed by atoms with E-state index in [9.17, 15) is 18.8 Å². The molecule has 0 unspecified atom stereocenters. The van der Waals surface area contributed by atoms with Gasteiger partial charge >= 0.3 is 11.9 Å². The zero-order valence-electron chi connectivity index (χ0n) is 21.0. The van der Waals surface area contributed by atoms with E-state index in [0.717, 1.165) is 10.5 Å². The molecule has 1 heterocycles. The average Bonchev–Trinajstić information content (AvgIpc) is 2.88. The molecule has 3 atom stereocenters. The largest absolute Gasteiger partial charge is 0.493 e. The molecule has 3 rings (SSSR count). The molecule has 0 bridgehead atoms. The van der Waals surface area contributed by atoms with Gasteiger partial charge in [0.15, 0.2) is 17.2 Å². The molecule has 0 N–H and O–H groups in total. The molecule has 37 heavy (non-hydrogen) atoms. The first-order valence-corrected chi connectivity index (χ1v) is 12.5. The van der Waals surface area contributed by atoms with Gasteiger partial charge < -0.3 is 14.2 Å². The van der Waals surface area contributed by atoms with Crippen molar-refractivity contribution in [3.8, 4) is 11.5 Å². The molecular formula is C28H28FNO6S. The van der Waals surface area contributed by atoms with Crippen molar-refractivity contribution in [2.75, 3.05) is 7.11 Å². The van der Waals surface area contributed by atoms with Crippen LogP contribution in [0.4, 0.5) is 4.39 Å². The SMILES string of the molecule is COc1ccnc(C(=O)C[C@@H](C)C(=O)O[C@@H](C)[C@H](Sc2ccccc2)c2ccc(F)cc2)c1OC(C)=O. The van der Waals surface area contributed by atoms with Crippen LogP contribution in [0, 0.1) is 11.7 Å². The van der Waals surface area contributed by atoms with Crippen LogP contribution < -0.4 is 9.47 Å². The van der Waals surface area contributed by atoms with Crippen molar-refractivity contribution >= 4 is 29.5 Å². The topological polar surface area (TPSA) is 91.8 Å². The van der Waals surface area contributed by atoms with E-state index in [-0.39, 0.29) is 34.7 Å². The van der Waals surface area contributed by atoms with Crippen LogP contribution in [0.3, 0.4) is 0 Å². The molecule has 3 aromatic rings. The summed E-state index contributed by atoms with van der Waals surface area (Å²) < 4.78 is 29.6. The Morgan fingerprint density at radius 3 is 2.30 bits per heavy atom. The molecule has 194 valence electrons. The molecule has 0 fully saturated rings. The number of ketones is 1. The van der Waals surface area contributed by atoms with Gasteiger partial charge in [0.2, 0.25) is 5.75 Å². The molecule has 0 saturated carbocycles. The minimum atomic E-state index is -0.802. The van der Waals surface area contributed by atoms with Crippen LogP contribution in [0.1, 0.15) is 48.5 Å². The number of benzene rings is 2. The Hall–Kier alpha value is -3.72. The minimum Gasteiger partial charge on any atom is -0.493 e. The zero-order chi connectivity index (χ0) is 26.9. The Balaban J connectivity index is 1.74. The summed E-state index contributed by atoms with van der Waals surface area (Å²) in [6, 6.07) is 17.1. The van der Waals surface area contributed by atoms with Crippen molar-refractivity contribution < 1.29 is 33.0 Å². The summed E-state index contributed by atoms with van der Waals surface area (Å²) >= 11 is 1.49. The van der Waals surface area contributed by atoms with Gasteiger partial charge in [-0.05, 0) is 36.8 Å². The number of carbonyl (C=O) groups excluding carboxylic acids is 3. The molecule has 0 spiro atoms. The van der Waals surface area contributed by atoms with Gasteiger partial charge in [-0.25, -0.2) is 9.37 Å². The number of hydrogen-bond acceptors (Lipinski definition) is 8. The molecule has 7 nitrogen and oxygen atoms in total. The lowest BCUT2D eigenvalue weighted by molar-refractivity contribution is -0.152. The van der Waals surface area contributed by atoms with Crippen LogP contribution in [0.15, 0.2) is 71.8 Å². The summed E-state index contributed by atoms with van der Waals surface area (Å²) in [5, 5.41) is -0.314. The van der Waals surface area contributed by atoms with Crippen LogP contribution in [0.5, 0.6) is 11.5 Å². The van der Waals surface area contributed by atoms with E-state index >= 15 is 0 Å². The van der Waals surface area contributed by atoms with Crippen molar-refractivity contribution in [1.29, 1.82) is 0 Å². The summed E-state index contributed by atoms with van der Waals surface area (Å²) in [7, 11) is 1.38. The van der Waals surface area contributed by atoms with Crippen molar-refractivity contribution in [1.82, 2.24) is 4.98 Å². The molecule has 0 aliphatic heterocycles. The van der Waals surface area contributed by atoms with Crippen molar-refractivity contribution in [2.24, 2.45) is 5.92 Å². The molecule has 0 radical (unpaired) electrons. The van der Waals surface area contributed by atoms with Gasteiger partial charge in [0.25, 0.3) is 0 Å². The van der Waals surface area contributed by atoms with Crippen LogP contribution in [-0.2, 0) is 14.3 Å². The Labute approximate surface area is 219 Å². The maximum atomic E-state index is 13.5. The number of hydrogen-bond donors (Lipinski definition) is 0. The number of ether oxygens (including phenoxy) is 3. The number of rotatable bonds is 11. The Morgan fingerprint density at radius 1 is 1.00 bits per heavy atom. The smallest absolute Gasteiger partial charge is 0.309 e. The van der Waals surface area contributed by atoms with Gasteiger partial charge in [-0.2, -0.15) is 0 Å². The van der Waals surface area contributed by atoms with Gasteiger partial charge in [0.05, 0.1) is 18.3 Å². The second-order valence-corrected chi connectivity index (χ2v) is 9.57. The van der Waals surface area contributed by atoms with Gasteiger partial charge in [-0.1, -0.05) is 37.3 Å². The first kappa shape index (κ1) is 27.9. The highest BCUT2D eigenvalue weighted by Crippen LogP contribution is 2.39. The van der Waals surface area contributed by atoms with E-state index in [2.05, 4.69) is 4.98 Å². The summed E-state index contributed by atoms with van der Waals surface area (Å²) in [6.07, 6.45) is 0.554. The summed E-state index contributed by atoms with van der Waals surface area (Å²) in [5.41, 5.74) is 0.692. The number of carbonyl (C=O) groups is 3. The highest BCUT2D eigenvalue weighted by atomic mass is 32.2. The lowest BCUT2D eigenvalue weighted by Crippen LogP contribution is -2.26. The summed E-state index contributed by atoms with van der Waals surface area (Å²) in [4.78, 5) is 42.5. The number of pyridine rings is 1. The van der Waals surface area contributed by atoms with Crippen molar-refractivity contribution in [3.63, 3.8) is 0 Å². The second-order valence-electron chi connectivity index (χ2n) is 8.36. The fourth-order valence-corrected chi connectivity index (χ4v) is 4.73. The molecule has 2 aromatic carbocycles. The highest BCUT2D eigenvalue weighted by molar-refractivity contribution is 7.99. The first-order valence-electron chi connectivity index (χ1n) is 11.6. The average molecular weight is 526 g/mol. The van der Waals surface area contributed by atoms with Gasteiger partial charge in [-0.15, -0.1) is 11.8 Å². The van der Waals surface area contributed by atoms with E-state index < -0.39 is 29.7 Å². The number of aromatic nitrogens is 1. The maximum Gasteiger partial charge on any atom is 0.309 e. The molecule has 0 saturated heterocycles. The van der Waals surface area contributed by atoms with Crippen LogP contribution in [0.25, 0.3) is 0 Å². The van der Waals surface area contributed by atoms with Crippen LogP contribution in [0.2, 0.25) is 0 Å². The molecule has 0 amide bonds. The van der Waals surface area contributed by atoms with Crippen molar-refractivity contribution in [2.45, 2.75) is 43.4 Å². The molecular weight excluding hydrogens is 497 g/mol. The summed E-state index contributed by atoms with van der Waals surface area (Å²) in [5.74, 6) is -2.78. The highest BCUT2D eigenvalue weighted by Gasteiger charge is 2.29. The quantitative estimate of drug-likeness (QED) is 0.175. The number of nitrogens with zero attached hydrogens (tertiary/aromatic N) is 1. The summed E-state index contributed by atoms with van der Waals surface area (Å²) in [6.45, 7) is 4.54. The Bertz CT molecular complexity index is 1240. The lowest BCUT2D eigenvalue weighted by atomic mass is 10.0. The monoisotopic (exact) mass is 525 g/mol.